The summed E-state index contributed by atoms with van der Waals surface area (Å²) in [5.41, 5.74) is 0. The summed E-state index contributed by atoms with van der Waals surface area (Å²) in [4.78, 5) is 25.5. The molecule has 1 heterocycles. The molecule has 1 atom stereocenters. The van der Waals surface area contributed by atoms with Crippen molar-refractivity contribution in [1.29, 1.82) is 0 Å². The molecular weight excluding hydrogens is 272 g/mol. The van der Waals surface area contributed by atoms with Crippen molar-refractivity contribution in [3.8, 4) is 0 Å². The van der Waals surface area contributed by atoms with E-state index in [2.05, 4.69) is 0 Å². The summed E-state index contributed by atoms with van der Waals surface area (Å²) in [5.74, 6) is -0.911. The molecule has 8 heteroatoms. The molecule has 19 heavy (non-hydrogen) atoms. The van der Waals surface area contributed by atoms with Crippen molar-refractivity contribution in [2.75, 3.05) is 31.6 Å². The smallest absolute Gasteiger partial charge is 0.320 e. The van der Waals surface area contributed by atoms with Crippen LogP contribution >= 0.6 is 0 Å². The van der Waals surface area contributed by atoms with Crippen LogP contribution in [0.3, 0.4) is 0 Å². The lowest BCUT2D eigenvalue weighted by Gasteiger charge is -2.35. The molecule has 1 aliphatic heterocycles. The summed E-state index contributed by atoms with van der Waals surface area (Å²) in [6.45, 7) is 2.26. The van der Waals surface area contributed by atoms with E-state index in [0.717, 1.165) is 0 Å². The number of nitrogens with zero attached hydrogens (tertiary/aromatic N) is 2. The number of aliphatic carboxylic acids is 1. The van der Waals surface area contributed by atoms with Crippen molar-refractivity contribution in [2.45, 2.75) is 25.8 Å². The van der Waals surface area contributed by atoms with Crippen LogP contribution in [0.2, 0.25) is 0 Å². The zero-order valence-corrected chi connectivity index (χ0v) is 12.0. The zero-order chi connectivity index (χ0) is 14.6. The van der Waals surface area contributed by atoms with E-state index in [1.807, 2.05) is 0 Å². The van der Waals surface area contributed by atoms with Crippen LogP contribution in [0.15, 0.2) is 0 Å². The third-order valence-corrected chi connectivity index (χ3v) is 4.92. The fraction of sp³-hybridized carbons (Fsp3) is 0.818. The monoisotopic (exact) mass is 292 g/mol. The van der Waals surface area contributed by atoms with Crippen molar-refractivity contribution < 1.29 is 23.1 Å². The van der Waals surface area contributed by atoms with Gasteiger partial charge >= 0.3 is 12.0 Å². The van der Waals surface area contributed by atoms with Gasteiger partial charge in [0.2, 0.25) is 0 Å². The number of urea groups is 1. The van der Waals surface area contributed by atoms with E-state index in [4.69, 9.17) is 5.11 Å². The molecule has 1 fully saturated rings. The van der Waals surface area contributed by atoms with Crippen molar-refractivity contribution in [3.63, 3.8) is 0 Å². The summed E-state index contributed by atoms with van der Waals surface area (Å²) < 4.78 is 22.9. The predicted octanol–water partition coefficient (Wildman–Crippen LogP) is 0.0219. The lowest BCUT2D eigenvalue weighted by atomic mass is 10.3. The molecule has 1 N–H and O–H groups in total. The Labute approximate surface area is 113 Å². The van der Waals surface area contributed by atoms with Gasteiger partial charge in [-0.25, -0.2) is 13.2 Å². The number of hydrogen-bond donors (Lipinski definition) is 1. The van der Waals surface area contributed by atoms with Crippen LogP contribution in [0, 0.1) is 0 Å². The lowest BCUT2D eigenvalue weighted by Crippen LogP contribution is -2.53. The quantitative estimate of drug-likeness (QED) is 0.788. The van der Waals surface area contributed by atoms with Crippen LogP contribution in [0.4, 0.5) is 4.79 Å². The molecule has 1 aliphatic rings. The molecule has 0 aromatic carbocycles. The van der Waals surface area contributed by atoms with Gasteiger partial charge in [0.25, 0.3) is 0 Å². The molecule has 0 aliphatic carbocycles. The first-order chi connectivity index (χ1) is 8.73. The van der Waals surface area contributed by atoms with Crippen LogP contribution in [0.1, 0.15) is 19.8 Å². The summed E-state index contributed by atoms with van der Waals surface area (Å²) in [7, 11) is -1.45. The van der Waals surface area contributed by atoms with Crippen molar-refractivity contribution in [2.24, 2.45) is 0 Å². The average molecular weight is 292 g/mol. The topological polar surface area (TPSA) is 95.0 Å². The molecule has 0 aromatic rings. The van der Waals surface area contributed by atoms with Crippen LogP contribution in [0.25, 0.3) is 0 Å². The Morgan fingerprint density at radius 2 is 2.05 bits per heavy atom. The van der Waals surface area contributed by atoms with E-state index >= 15 is 0 Å². The number of carbonyl (C=O) groups is 2. The normalized spacial score (nSPS) is 22.0. The van der Waals surface area contributed by atoms with Crippen molar-refractivity contribution >= 4 is 21.8 Å². The van der Waals surface area contributed by atoms with Gasteiger partial charge in [0, 0.05) is 32.6 Å². The van der Waals surface area contributed by atoms with Gasteiger partial charge in [0.15, 0.2) is 9.84 Å². The number of carbonyl (C=O) groups excluding carboxylic acids is 1. The van der Waals surface area contributed by atoms with E-state index in [1.165, 1.54) is 9.80 Å². The Morgan fingerprint density at radius 1 is 1.42 bits per heavy atom. The predicted molar refractivity (Wildman–Crippen MR) is 69.7 cm³/mol. The Balaban J connectivity index is 2.51. The Hall–Kier alpha value is -1.31. The van der Waals surface area contributed by atoms with Crippen LogP contribution in [-0.2, 0) is 14.6 Å². The Bertz CT molecular complexity index is 448. The number of carboxylic acids is 1. The van der Waals surface area contributed by atoms with Gasteiger partial charge in [-0.2, -0.15) is 0 Å². The standard InChI is InChI=1S/C11H20N2O5S/c1-9-8-19(17,18)7-6-13(9)11(16)12(2)5-3-4-10(14)15/h9H,3-8H2,1-2H3,(H,14,15). The second-order valence-electron chi connectivity index (χ2n) is 4.86. The van der Waals surface area contributed by atoms with Crippen molar-refractivity contribution in [1.82, 2.24) is 9.80 Å². The molecule has 110 valence electrons. The van der Waals surface area contributed by atoms with Crippen LogP contribution < -0.4 is 0 Å². The average Bonchev–Trinajstić information content (AvgIpc) is 2.26. The molecule has 1 unspecified atom stereocenters. The summed E-state index contributed by atoms with van der Waals surface area (Å²) in [6.07, 6.45) is 0.402. The minimum atomic E-state index is -3.04. The molecule has 0 aromatic heterocycles. The highest BCUT2D eigenvalue weighted by molar-refractivity contribution is 7.91. The largest absolute Gasteiger partial charge is 0.481 e. The lowest BCUT2D eigenvalue weighted by molar-refractivity contribution is -0.137. The minimum Gasteiger partial charge on any atom is -0.481 e. The molecule has 7 nitrogen and oxygen atoms in total. The molecule has 1 rings (SSSR count). The second-order valence-corrected chi connectivity index (χ2v) is 7.09. The van der Waals surface area contributed by atoms with Crippen LogP contribution in [0.5, 0.6) is 0 Å². The first-order valence-electron chi connectivity index (χ1n) is 6.17. The van der Waals surface area contributed by atoms with Crippen LogP contribution in [-0.4, -0.2) is 73.0 Å². The maximum Gasteiger partial charge on any atom is 0.320 e. The highest BCUT2D eigenvalue weighted by atomic mass is 32.2. The number of rotatable bonds is 4. The van der Waals surface area contributed by atoms with Gasteiger partial charge in [-0.05, 0) is 13.3 Å². The van der Waals surface area contributed by atoms with E-state index < -0.39 is 15.8 Å². The van der Waals surface area contributed by atoms with E-state index in [-0.39, 0.29) is 36.5 Å². The number of carboxylic acid groups (broad SMARTS) is 1. The van der Waals surface area contributed by atoms with Gasteiger partial charge in [0.05, 0.1) is 11.5 Å². The first-order valence-corrected chi connectivity index (χ1v) is 7.99. The summed E-state index contributed by atoms with van der Waals surface area (Å²) in [5, 5.41) is 8.53. The molecule has 1 saturated heterocycles. The second kappa shape index (κ2) is 6.23. The fourth-order valence-corrected chi connectivity index (χ4v) is 3.62. The van der Waals surface area contributed by atoms with Gasteiger partial charge in [-0.15, -0.1) is 0 Å². The Kier molecular flexibility index (Phi) is 5.16. The fourth-order valence-electron chi connectivity index (χ4n) is 2.07. The van der Waals surface area contributed by atoms with Crippen molar-refractivity contribution in [3.05, 3.63) is 0 Å². The van der Waals surface area contributed by atoms with E-state index in [1.54, 1.807) is 14.0 Å². The molecule has 0 radical (unpaired) electrons. The highest BCUT2D eigenvalue weighted by Gasteiger charge is 2.32. The van der Waals surface area contributed by atoms with Gasteiger partial charge in [-0.1, -0.05) is 0 Å². The number of sulfone groups is 1. The zero-order valence-electron chi connectivity index (χ0n) is 11.2. The van der Waals surface area contributed by atoms with E-state index in [0.29, 0.717) is 13.0 Å². The molecule has 0 spiro atoms. The van der Waals surface area contributed by atoms with Gasteiger partial charge < -0.3 is 14.9 Å². The maximum absolute atomic E-state index is 12.1. The number of amides is 2. The highest BCUT2D eigenvalue weighted by Crippen LogP contribution is 2.13. The first kappa shape index (κ1) is 15.7. The van der Waals surface area contributed by atoms with Gasteiger partial charge in [0.1, 0.15) is 0 Å². The van der Waals surface area contributed by atoms with Gasteiger partial charge in [-0.3, -0.25) is 4.79 Å². The molecule has 0 saturated carbocycles. The molecule has 2 amide bonds. The minimum absolute atomic E-state index is 0.00789. The summed E-state index contributed by atoms with van der Waals surface area (Å²) >= 11 is 0. The third-order valence-electron chi connectivity index (χ3n) is 3.13. The maximum atomic E-state index is 12.1. The molecular formula is C11H20N2O5S. The SMILES string of the molecule is CC1CS(=O)(=O)CCN1C(=O)N(C)CCCC(=O)O. The summed E-state index contributed by atoms with van der Waals surface area (Å²) in [6, 6.07) is -0.582. The molecule has 0 bridgehead atoms. The third kappa shape index (κ3) is 4.70. The number of hydrogen-bond acceptors (Lipinski definition) is 4. The Morgan fingerprint density at radius 3 is 2.58 bits per heavy atom. The van der Waals surface area contributed by atoms with E-state index in [9.17, 15) is 18.0 Å².